The predicted molar refractivity (Wildman–Crippen MR) is 54.9 cm³/mol. The van der Waals surface area contributed by atoms with Crippen LogP contribution in [0.5, 0.6) is 5.75 Å². The number of ether oxygens (including phenoxy) is 1. The Kier molecular flexibility index (Phi) is 2.49. The lowest BCUT2D eigenvalue weighted by molar-refractivity contribution is -0.131. The van der Waals surface area contributed by atoms with Gasteiger partial charge in [-0.25, -0.2) is 4.98 Å². The Morgan fingerprint density at radius 1 is 1.33 bits per heavy atom. The lowest BCUT2D eigenvalue weighted by Gasteiger charge is -2.03. The second-order valence-electron chi connectivity index (χ2n) is 3.06. The van der Waals surface area contributed by atoms with Crippen LogP contribution in [0.2, 0.25) is 0 Å². The summed E-state index contributed by atoms with van der Waals surface area (Å²) in [6.07, 6.45) is 5.27. The van der Waals surface area contributed by atoms with Crippen LogP contribution in [0.15, 0.2) is 43.0 Å². The third-order valence-electron chi connectivity index (χ3n) is 1.90. The van der Waals surface area contributed by atoms with Crippen LogP contribution in [0.25, 0.3) is 5.69 Å². The summed E-state index contributed by atoms with van der Waals surface area (Å²) in [6.45, 7) is 1.38. The van der Waals surface area contributed by atoms with Gasteiger partial charge < -0.3 is 9.30 Å². The minimum Gasteiger partial charge on any atom is -0.427 e. The Morgan fingerprint density at radius 2 is 2.07 bits per heavy atom. The molecule has 0 fully saturated rings. The molecule has 0 atom stereocenters. The van der Waals surface area contributed by atoms with Gasteiger partial charge in [-0.2, -0.15) is 0 Å². The van der Waals surface area contributed by atoms with Crippen LogP contribution in [-0.4, -0.2) is 15.5 Å². The van der Waals surface area contributed by atoms with Crippen LogP contribution in [0.4, 0.5) is 0 Å². The molecule has 0 amide bonds. The summed E-state index contributed by atoms with van der Waals surface area (Å²) in [5.41, 5.74) is 0.975. The third kappa shape index (κ3) is 2.22. The molecule has 4 heteroatoms. The van der Waals surface area contributed by atoms with E-state index in [0.29, 0.717) is 5.75 Å². The van der Waals surface area contributed by atoms with Gasteiger partial charge >= 0.3 is 5.97 Å². The van der Waals surface area contributed by atoms with Crippen molar-refractivity contribution in [1.29, 1.82) is 0 Å². The molecule has 0 saturated carbocycles. The molecule has 0 aliphatic rings. The molecule has 0 N–H and O–H groups in total. The van der Waals surface area contributed by atoms with Gasteiger partial charge in [0, 0.05) is 25.0 Å². The first-order valence-corrected chi connectivity index (χ1v) is 4.52. The predicted octanol–water partition coefficient (Wildman–Crippen LogP) is 1.80. The molecule has 1 aromatic carbocycles. The van der Waals surface area contributed by atoms with E-state index in [2.05, 4.69) is 4.98 Å². The molecule has 0 unspecified atom stereocenters. The molecule has 2 aromatic rings. The molecule has 76 valence electrons. The summed E-state index contributed by atoms with van der Waals surface area (Å²) >= 11 is 0. The van der Waals surface area contributed by atoms with Gasteiger partial charge in [0.2, 0.25) is 0 Å². The summed E-state index contributed by atoms with van der Waals surface area (Å²) in [6, 6.07) is 7.22. The summed E-state index contributed by atoms with van der Waals surface area (Å²) in [4.78, 5) is 14.6. The highest BCUT2D eigenvalue weighted by molar-refractivity contribution is 5.69. The molecule has 0 saturated heterocycles. The number of aromatic nitrogens is 2. The number of esters is 1. The fraction of sp³-hybridized carbons (Fsp3) is 0.0909. The van der Waals surface area contributed by atoms with Crippen molar-refractivity contribution in [3.8, 4) is 11.4 Å². The fourth-order valence-electron chi connectivity index (χ4n) is 1.26. The topological polar surface area (TPSA) is 44.1 Å². The van der Waals surface area contributed by atoms with Crippen LogP contribution in [-0.2, 0) is 4.79 Å². The zero-order valence-corrected chi connectivity index (χ0v) is 8.25. The molecular weight excluding hydrogens is 192 g/mol. The maximum absolute atomic E-state index is 10.7. The van der Waals surface area contributed by atoms with E-state index in [1.807, 2.05) is 22.9 Å². The molecule has 0 aliphatic carbocycles. The quantitative estimate of drug-likeness (QED) is 0.551. The first kappa shape index (κ1) is 9.45. The number of rotatable bonds is 2. The van der Waals surface area contributed by atoms with Crippen molar-refractivity contribution in [1.82, 2.24) is 9.55 Å². The molecule has 2 rings (SSSR count). The van der Waals surface area contributed by atoms with Gasteiger partial charge in [-0.05, 0) is 24.3 Å². The van der Waals surface area contributed by atoms with Gasteiger partial charge in [0.05, 0.1) is 6.33 Å². The SMILES string of the molecule is CC(=O)Oc1ccc(-n2ccnc2)cc1. The second-order valence-corrected chi connectivity index (χ2v) is 3.06. The summed E-state index contributed by atoms with van der Waals surface area (Å²) < 4.78 is 6.80. The van der Waals surface area contributed by atoms with Gasteiger partial charge in [0.25, 0.3) is 0 Å². The van der Waals surface area contributed by atoms with Crippen molar-refractivity contribution >= 4 is 5.97 Å². The van der Waals surface area contributed by atoms with E-state index in [-0.39, 0.29) is 5.97 Å². The highest BCUT2D eigenvalue weighted by Gasteiger charge is 1.98. The Morgan fingerprint density at radius 3 is 2.60 bits per heavy atom. The smallest absolute Gasteiger partial charge is 0.308 e. The zero-order chi connectivity index (χ0) is 10.7. The van der Waals surface area contributed by atoms with Crippen molar-refractivity contribution in [2.24, 2.45) is 0 Å². The molecule has 0 spiro atoms. The fourth-order valence-corrected chi connectivity index (χ4v) is 1.26. The minimum atomic E-state index is -0.314. The molecule has 1 heterocycles. The van der Waals surface area contributed by atoms with Crippen molar-refractivity contribution in [2.75, 3.05) is 0 Å². The second kappa shape index (κ2) is 3.96. The molecule has 0 bridgehead atoms. The minimum absolute atomic E-state index is 0.314. The highest BCUT2D eigenvalue weighted by Crippen LogP contribution is 2.14. The zero-order valence-electron chi connectivity index (χ0n) is 8.25. The number of imidazole rings is 1. The lowest BCUT2D eigenvalue weighted by Crippen LogP contribution is -2.01. The van der Waals surface area contributed by atoms with Crippen molar-refractivity contribution in [2.45, 2.75) is 6.92 Å². The van der Waals surface area contributed by atoms with E-state index >= 15 is 0 Å². The van der Waals surface area contributed by atoms with E-state index in [1.165, 1.54) is 6.92 Å². The molecule has 1 aromatic heterocycles. The normalized spacial score (nSPS) is 9.93. The van der Waals surface area contributed by atoms with Crippen molar-refractivity contribution in [3.63, 3.8) is 0 Å². The average molecular weight is 202 g/mol. The van der Waals surface area contributed by atoms with Gasteiger partial charge in [0.15, 0.2) is 0 Å². The van der Waals surface area contributed by atoms with Crippen LogP contribution in [0, 0.1) is 0 Å². The maximum Gasteiger partial charge on any atom is 0.308 e. The van der Waals surface area contributed by atoms with E-state index in [0.717, 1.165) is 5.69 Å². The maximum atomic E-state index is 10.7. The first-order valence-electron chi connectivity index (χ1n) is 4.52. The van der Waals surface area contributed by atoms with Crippen LogP contribution in [0.1, 0.15) is 6.92 Å². The number of carbonyl (C=O) groups excluding carboxylic acids is 1. The molecular formula is C11H10N2O2. The van der Waals surface area contributed by atoms with Gasteiger partial charge in [-0.1, -0.05) is 0 Å². The van der Waals surface area contributed by atoms with Gasteiger partial charge in [-0.3, -0.25) is 4.79 Å². The van der Waals surface area contributed by atoms with Gasteiger partial charge in [0.1, 0.15) is 5.75 Å². The Hall–Kier alpha value is -2.10. The first-order chi connectivity index (χ1) is 7.25. The summed E-state index contributed by atoms with van der Waals surface area (Å²) in [5, 5.41) is 0. The highest BCUT2D eigenvalue weighted by atomic mass is 16.5. The summed E-state index contributed by atoms with van der Waals surface area (Å²) in [7, 11) is 0. The third-order valence-corrected chi connectivity index (χ3v) is 1.90. The van der Waals surface area contributed by atoms with Crippen molar-refractivity contribution < 1.29 is 9.53 Å². The monoisotopic (exact) mass is 202 g/mol. The largest absolute Gasteiger partial charge is 0.427 e. The number of hydrogen-bond acceptors (Lipinski definition) is 3. The number of benzene rings is 1. The Bertz CT molecular complexity index is 446. The van der Waals surface area contributed by atoms with Crippen LogP contribution >= 0.6 is 0 Å². The number of nitrogens with zero attached hydrogens (tertiary/aromatic N) is 2. The molecule has 4 nitrogen and oxygen atoms in total. The van der Waals surface area contributed by atoms with Crippen molar-refractivity contribution in [3.05, 3.63) is 43.0 Å². The molecule has 0 radical (unpaired) electrons. The van der Waals surface area contributed by atoms with Crippen LogP contribution in [0.3, 0.4) is 0 Å². The van der Waals surface area contributed by atoms with E-state index < -0.39 is 0 Å². The number of carbonyl (C=O) groups is 1. The van der Waals surface area contributed by atoms with E-state index in [1.54, 1.807) is 24.7 Å². The number of hydrogen-bond donors (Lipinski definition) is 0. The molecule has 15 heavy (non-hydrogen) atoms. The standard InChI is InChI=1S/C11H10N2O2/c1-9(14)15-11-4-2-10(3-5-11)13-7-6-12-8-13/h2-8H,1H3. The average Bonchev–Trinajstić information content (AvgIpc) is 2.71. The molecule has 0 aliphatic heterocycles. The van der Waals surface area contributed by atoms with Gasteiger partial charge in [-0.15, -0.1) is 0 Å². The van der Waals surface area contributed by atoms with E-state index in [4.69, 9.17) is 4.74 Å². The van der Waals surface area contributed by atoms with Crippen LogP contribution < -0.4 is 4.74 Å². The lowest BCUT2D eigenvalue weighted by atomic mass is 10.3. The summed E-state index contributed by atoms with van der Waals surface area (Å²) in [5.74, 6) is 0.233. The Labute approximate surface area is 87.1 Å². The van der Waals surface area contributed by atoms with E-state index in [9.17, 15) is 4.79 Å². The Balaban J connectivity index is 2.21.